The molecule has 0 spiro atoms. The van der Waals surface area contributed by atoms with Crippen LogP contribution >= 0.6 is 23.2 Å². The highest BCUT2D eigenvalue weighted by Gasteiger charge is 2.07. The molecule has 3 rings (SSSR count). The third-order valence-electron chi connectivity index (χ3n) is 3.30. The molecule has 0 radical (unpaired) electrons. The van der Waals surface area contributed by atoms with Gasteiger partial charge in [-0.25, -0.2) is 0 Å². The van der Waals surface area contributed by atoms with E-state index in [2.05, 4.69) is 15.6 Å². The summed E-state index contributed by atoms with van der Waals surface area (Å²) in [7, 11) is 0. The number of hydrogen-bond acceptors (Lipinski definition) is 3. The van der Waals surface area contributed by atoms with Crippen molar-refractivity contribution >= 4 is 46.2 Å². The molecule has 0 unspecified atom stereocenters. The van der Waals surface area contributed by atoms with Gasteiger partial charge in [0.1, 0.15) is 0 Å². The van der Waals surface area contributed by atoms with Crippen LogP contribution in [-0.4, -0.2) is 10.9 Å². The topological polar surface area (TPSA) is 54.0 Å². The van der Waals surface area contributed by atoms with Crippen LogP contribution in [0, 0.1) is 0 Å². The van der Waals surface area contributed by atoms with Gasteiger partial charge in [-0.15, -0.1) is 0 Å². The normalized spacial score (nSPS) is 10.2. The van der Waals surface area contributed by atoms with E-state index in [4.69, 9.17) is 23.2 Å². The first-order valence-corrected chi connectivity index (χ1v) is 7.91. The first-order valence-electron chi connectivity index (χ1n) is 7.16. The maximum atomic E-state index is 12.1. The van der Waals surface area contributed by atoms with Gasteiger partial charge in [-0.3, -0.25) is 9.78 Å². The monoisotopic (exact) mass is 357 g/mol. The molecule has 24 heavy (non-hydrogen) atoms. The predicted molar refractivity (Wildman–Crippen MR) is 98.4 cm³/mol. The summed E-state index contributed by atoms with van der Waals surface area (Å²) >= 11 is 12.3. The maximum Gasteiger partial charge on any atom is 0.257 e. The molecule has 0 saturated heterocycles. The third kappa shape index (κ3) is 3.85. The lowest BCUT2D eigenvalue weighted by molar-refractivity contribution is 0.102. The minimum atomic E-state index is -0.210. The average molecular weight is 358 g/mol. The summed E-state index contributed by atoms with van der Waals surface area (Å²) in [5, 5.41) is 7.06. The van der Waals surface area contributed by atoms with Crippen molar-refractivity contribution < 1.29 is 4.79 Å². The SMILES string of the molecule is O=C(Nc1ccc(Nc2c(Cl)cccc2Cl)cc1)c1cccnc1. The molecule has 2 N–H and O–H groups in total. The molecule has 1 aromatic heterocycles. The summed E-state index contributed by atoms with van der Waals surface area (Å²) in [6, 6.07) is 16.0. The number of hydrogen-bond donors (Lipinski definition) is 2. The molecule has 0 aliphatic carbocycles. The molecule has 0 fully saturated rings. The van der Waals surface area contributed by atoms with Crippen molar-refractivity contribution in [1.82, 2.24) is 4.98 Å². The number of nitrogens with zero attached hydrogens (tertiary/aromatic N) is 1. The summed E-state index contributed by atoms with van der Waals surface area (Å²) in [6.45, 7) is 0. The molecule has 0 aliphatic heterocycles. The first-order chi connectivity index (χ1) is 11.6. The summed E-state index contributed by atoms with van der Waals surface area (Å²) < 4.78 is 0. The molecular weight excluding hydrogens is 345 g/mol. The van der Waals surface area contributed by atoms with E-state index in [1.165, 1.54) is 6.20 Å². The molecule has 120 valence electrons. The van der Waals surface area contributed by atoms with Crippen LogP contribution in [0.5, 0.6) is 0 Å². The Morgan fingerprint density at radius 3 is 2.17 bits per heavy atom. The van der Waals surface area contributed by atoms with Gasteiger partial charge in [0, 0.05) is 23.8 Å². The van der Waals surface area contributed by atoms with Crippen LogP contribution in [0.25, 0.3) is 0 Å². The zero-order valence-corrected chi connectivity index (χ0v) is 14.0. The fourth-order valence-electron chi connectivity index (χ4n) is 2.10. The van der Waals surface area contributed by atoms with Crippen LogP contribution in [0.1, 0.15) is 10.4 Å². The zero-order valence-electron chi connectivity index (χ0n) is 12.5. The van der Waals surface area contributed by atoms with Crippen LogP contribution < -0.4 is 10.6 Å². The van der Waals surface area contributed by atoms with Crippen LogP contribution in [0.2, 0.25) is 10.0 Å². The van der Waals surface area contributed by atoms with Crippen LogP contribution in [0.4, 0.5) is 17.1 Å². The number of pyridine rings is 1. The summed E-state index contributed by atoms with van der Waals surface area (Å²) in [4.78, 5) is 16.0. The molecule has 1 heterocycles. The largest absolute Gasteiger partial charge is 0.353 e. The maximum absolute atomic E-state index is 12.1. The van der Waals surface area contributed by atoms with Gasteiger partial charge in [0.25, 0.3) is 5.91 Å². The van der Waals surface area contributed by atoms with Gasteiger partial charge in [0.2, 0.25) is 0 Å². The van der Waals surface area contributed by atoms with E-state index in [0.717, 1.165) is 5.69 Å². The molecule has 3 aromatic rings. The molecule has 1 amide bonds. The predicted octanol–water partition coefficient (Wildman–Crippen LogP) is 5.38. The summed E-state index contributed by atoms with van der Waals surface area (Å²) in [5.74, 6) is -0.210. The van der Waals surface area contributed by atoms with E-state index in [0.29, 0.717) is 27.0 Å². The lowest BCUT2D eigenvalue weighted by Gasteiger charge is -2.11. The van der Waals surface area contributed by atoms with Crippen LogP contribution in [0.3, 0.4) is 0 Å². The molecule has 0 saturated carbocycles. The molecule has 0 bridgehead atoms. The summed E-state index contributed by atoms with van der Waals surface area (Å²) in [6.07, 6.45) is 3.14. The number of nitrogens with one attached hydrogen (secondary N) is 2. The fourth-order valence-corrected chi connectivity index (χ4v) is 2.59. The van der Waals surface area contributed by atoms with Gasteiger partial charge in [0.05, 0.1) is 21.3 Å². The van der Waals surface area contributed by atoms with Crippen molar-refractivity contribution in [3.05, 3.63) is 82.6 Å². The van der Waals surface area contributed by atoms with E-state index < -0.39 is 0 Å². The standard InChI is InChI=1S/C18H13Cl2N3O/c19-15-4-1-5-16(20)17(15)22-13-6-8-14(9-7-13)23-18(24)12-3-2-10-21-11-12/h1-11,22H,(H,23,24). The van der Waals surface area contributed by atoms with Crippen molar-refractivity contribution in [3.8, 4) is 0 Å². The van der Waals surface area contributed by atoms with Gasteiger partial charge in [-0.05, 0) is 48.5 Å². The average Bonchev–Trinajstić information content (AvgIpc) is 2.60. The molecular formula is C18H13Cl2N3O. The quantitative estimate of drug-likeness (QED) is 0.658. The molecule has 0 atom stereocenters. The minimum absolute atomic E-state index is 0.210. The number of para-hydroxylation sites is 1. The van der Waals surface area contributed by atoms with E-state index in [-0.39, 0.29) is 5.91 Å². The molecule has 6 heteroatoms. The Kier molecular flexibility index (Phi) is 4.99. The number of anilines is 3. The second-order valence-corrected chi connectivity index (χ2v) is 5.81. The highest BCUT2D eigenvalue weighted by atomic mass is 35.5. The number of aromatic nitrogens is 1. The Morgan fingerprint density at radius 2 is 1.54 bits per heavy atom. The van der Waals surface area contributed by atoms with Crippen molar-refractivity contribution in [2.24, 2.45) is 0 Å². The Labute approximate surface area is 149 Å². The van der Waals surface area contributed by atoms with Crippen molar-refractivity contribution in [2.75, 3.05) is 10.6 Å². The van der Waals surface area contributed by atoms with Gasteiger partial charge in [0.15, 0.2) is 0 Å². The number of halogens is 2. The number of carbonyl (C=O) groups excluding carboxylic acids is 1. The second kappa shape index (κ2) is 7.34. The smallest absolute Gasteiger partial charge is 0.257 e. The van der Waals surface area contributed by atoms with Crippen molar-refractivity contribution in [2.45, 2.75) is 0 Å². The van der Waals surface area contributed by atoms with E-state index in [9.17, 15) is 4.79 Å². The number of amides is 1. The first kappa shape index (κ1) is 16.3. The molecule has 0 aliphatic rings. The Hall–Kier alpha value is -2.56. The molecule has 2 aromatic carbocycles. The van der Waals surface area contributed by atoms with Crippen molar-refractivity contribution in [1.29, 1.82) is 0 Å². The van der Waals surface area contributed by atoms with E-state index >= 15 is 0 Å². The van der Waals surface area contributed by atoms with E-state index in [1.54, 1.807) is 48.7 Å². The van der Waals surface area contributed by atoms with Crippen LogP contribution in [-0.2, 0) is 0 Å². The van der Waals surface area contributed by atoms with Gasteiger partial charge < -0.3 is 10.6 Å². The Morgan fingerprint density at radius 1 is 0.875 bits per heavy atom. The van der Waals surface area contributed by atoms with Crippen molar-refractivity contribution in [3.63, 3.8) is 0 Å². The van der Waals surface area contributed by atoms with Gasteiger partial charge >= 0.3 is 0 Å². The fraction of sp³-hybridized carbons (Fsp3) is 0. The third-order valence-corrected chi connectivity index (χ3v) is 3.93. The lowest BCUT2D eigenvalue weighted by Crippen LogP contribution is -2.11. The minimum Gasteiger partial charge on any atom is -0.353 e. The highest BCUT2D eigenvalue weighted by molar-refractivity contribution is 6.39. The lowest BCUT2D eigenvalue weighted by atomic mass is 10.2. The van der Waals surface area contributed by atoms with Gasteiger partial charge in [-0.2, -0.15) is 0 Å². The second-order valence-electron chi connectivity index (χ2n) is 4.99. The molecule has 4 nitrogen and oxygen atoms in total. The Bertz CT molecular complexity index is 832. The van der Waals surface area contributed by atoms with Gasteiger partial charge in [-0.1, -0.05) is 29.3 Å². The Balaban J connectivity index is 1.71. The number of carbonyl (C=O) groups is 1. The van der Waals surface area contributed by atoms with Crippen LogP contribution in [0.15, 0.2) is 67.0 Å². The number of rotatable bonds is 4. The van der Waals surface area contributed by atoms with E-state index in [1.807, 2.05) is 12.1 Å². The summed E-state index contributed by atoms with van der Waals surface area (Å²) in [5.41, 5.74) is 2.64. The number of benzene rings is 2. The zero-order chi connectivity index (χ0) is 16.9. The highest BCUT2D eigenvalue weighted by Crippen LogP contribution is 2.32.